The Bertz CT molecular complexity index is 454. The van der Waals surface area contributed by atoms with Crippen LogP contribution in [-0.2, 0) is 0 Å². The summed E-state index contributed by atoms with van der Waals surface area (Å²) in [6, 6.07) is 7.79. The van der Waals surface area contributed by atoms with Crippen LogP contribution in [0.5, 0.6) is 5.75 Å². The average molecular weight is 276 g/mol. The number of rotatable bonds is 5. The summed E-state index contributed by atoms with van der Waals surface area (Å²) in [7, 11) is 1.87. The SMILES string of the molecule is CC(C)COc1ccccc1C(=O)N(C)C1CCNC1. The Labute approximate surface area is 121 Å². The molecular formula is C16H24N2O2. The van der Waals surface area contributed by atoms with Crippen molar-refractivity contribution in [1.29, 1.82) is 0 Å². The van der Waals surface area contributed by atoms with Crippen molar-refractivity contribution in [3.8, 4) is 5.75 Å². The zero-order chi connectivity index (χ0) is 14.5. The molecule has 0 aliphatic carbocycles. The van der Waals surface area contributed by atoms with Crippen molar-refractivity contribution in [3.63, 3.8) is 0 Å². The molecular weight excluding hydrogens is 252 g/mol. The molecule has 0 spiro atoms. The molecule has 1 atom stereocenters. The molecule has 1 amide bonds. The highest BCUT2D eigenvalue weighted by Gasteiger charge is 2.25. The number of likely N-dealkylation sites (N-methyl/N-ethyl adjacent to an activating group) is 1. The zero-order valence-corrected chi connectivity index (χ0v) is 12.6. The van der Waals surface area contributed by atoms with Crippen molar-refractivity contribution in [2.75, 3.05) is 26.7 Å². The fourth-order valence-corrected chi connectivity index (χ4v) is 2.35. The van der Waals surface area contributed by atoms with E-state index in [1.807, 2.05) is 36.2 Å². The third-order valence-electron chi connectivity index (χ3n) is 3.59. The van der Waals surface area contributed by atoms with E-state index in [1.165, 1.54) is 0 Å². The minimum absolute atomic E-state index is 0.0399. The molecule has 1 N–H and O–H groups in total. The van der Waals surface area contributed by atoms with Crippen molar-refractivity contribution in [3.05, 3.63) is 29.8 Å². The van der Waals surface area contributed by atoms with Crippen LogP contribution in [0.3, 0.4) is 0 Å². The van der Waals surface area contributed by atoms with Crippen molar-refractivity contribution >= 4 is 5.91 Å². The van der Waals surface area contributed by atoms with E-state index in [2.05, 4.69) is 19.2 Å². The molecule has 0 radical (unpaired) electrons. The minimum atomic E-state index is 0.0399. The lowest BCUT2D eigenvalue weighted by Gasteiger charge is -2.25. The van der Waals surface area contributed by atoms with E-state index in [0.717, 1.165) is 19.5 Å². The highest BCUT2D eigenvalue weighted by molar-refractivity contribution is 5.97. The second-order valence-corrected chi connectivity index (χ2v) is 5.76. The smallest absolute Gasteiger partial charge is 0.257 e. The molecule has 0 saturated carbocycles. The van der Waals surface area contributed by atoms with Gasteiger partial charge >= 0.3 is 0 Å². The molecule has 1 heterocycles. The van der Waals surface area contributed by atoms with Crippen LogP contribution in [-0.4, -0.2) is 43.6 Å². The topological polar surface area (TPSA) is 41.6 Å². The zero-order valence-electron chi connectivity index (χ0n) is 12.6. The Kier molecular flexibility index (Phi) is 5.01. The predicted octanol–water partition coefficient (Wildman–Crippen LogP) is 2.16. The van der Waals surface area contributed by atoms with E-state index >= 15 is 0 Å². The highest BCUT2D eigenvalue weighted by Crippen LogP contribution is 2.22. The van der Waals surface area contributed by atoms with Gasteiger partial charge < -0.3 is 15.0 Å². The molecule has 4 nitrogen and oxygen atoms in total. The summed E-state index contributed by atoms with van der Waals surface area (Å²) in [5, 5.41) is 3.29. The van der Waals surface area contributed by atoms with Crippen LogP contribution in [0, 0.1) is 5.92 Å². The Morgan fingerprint density at radius 3 is 2.85 bits per heavy atom. The van der Waals surface area contributed by atoms with Gasteiger partial charge in [-0.25, -0.2) is 0 Å². The number of nitrogens with zero attached hydrogens (tertiary/aromatic N) is 1. The normalized spacial score (nSPS) is 18.3. The van der Waals surface area contributed by atoms with Gasteiger partial charge in [-0.15, -0.1) is 0 Å². The second kappa shape index (κ2) is 6.75. The average Bonchev–Trinajstić information content (AvgIpc) is 2.98. The number of ether oxygens (including phenoxy) is 1. The van der Waals surface area contributed by atoms with Crippen LogP contribution in [0.2, 0.25) is 0 Å². The van der Waals surface area contributed by atoms with E-state index in [0.29, 0.717) is 23.8 Å². The Hall–Kier alpha value is -1.55. The molecule has 20 heavy (non-hydrogen) atoms. The summed E-state index contributed by atoms with van der Waals surface area (Å²) < 4.78 is 5.77. The third kappa shape index (κ3) is 3.51. The number of para-hydroxylation sites is 1. The van der Waals surface area contributed by atoms with E-state index in [9.17, 15) is 4.79 Å². The summed E-state index contributed by atoms with van der Waals surface area (Å²) in [6.45, 7) is 6.67. The number of amides is 1. The number of hydrogen-bond donors (Lipinski definition) is 1. The molecule has 1 fully saturated rings. The first-order chi connectivity index (χ1) is 9.59. The van der Waals surface area contributed by atoms with E-state index in [1.54, 1.807) is 0 Å². The number of benzene rings is 1. The fraction of sp³-hybridized carbons (Fsp3) is 0.562. The van der Waals surface area contributed by atoms with Crippen LogP contribution >= 0.6 is 0 Å². The van der Waals surface area contributed by atoms with Crippen LogP contribution < -0.4 is 10.1 Å². The van der Waals surface area contributed by atoms with Crippen molar-refractivity contribution in [1.82, 2.24) is 10.2 Å². The Balaban J connectivity index is 2.12. The predicted molar refractivity (Wildman–Crippen MR) is 80.1 cm³/mol. The minimum Gasteiger partial charge on any atom is -0.492 e. The molecule has 2 rings (SSSR count). The molecule has 0 aromatic heterocycles. The van der Waals surface area contributed by atoms with Crippen molar-refractivity contribution in [2.24, 2.45) is 5.92 Å². The van der Waals surface area contributed by atoms with Gasteiger partial charge in [-0.1, -0.05) is 26.0 Å². The fourth-order valence-electron chi connectivity index (χ4n) is 2.35. The largest absolute Gasteiger partial charge is 0.492 e. The van der Waals surface area contributed by atoms with E-state index in [-0.39, 0.29) is 11.9 Å². The Morgan fingerprint density at radius 1 is 1.45 bits per heavy atom. The maximum absolute atomic E-state index is 12.6. The third-order valence-corrected chi connectivity index (χ3v) is 3.59. The maximum atomic E-state index is 12.6. The highest BCUT2D eigenvalue weighted by atomic mass is 16.5. The van der Waals surface area contributed by atoms with Crippen LogP contribution in [0.25, 0.3) is 0 Å². The molecule has 1 aromatic rings. The summed E-state index contributed by atoms with van der Waals surface area (Å²) >= 11 is 0. The van der Waals surface area contributed by atoms with E-state index in [4.69, 9.17) is 4.74 Å². The monoisotopic (exact) mass is 276 g/mol. The van der Waals surface area contributed by atoms with Gasteiger partial charge in [0.15, 0.2) is 0 Å². The first-order valence-corrected chi connectivity index (χ1v) is 7.29. The van der Waals surface area contributed by atoms with Gasteiger partial charge in [-0.2, -0.15) is 0 Å². The van der Waals surface area contributed by atoms with E-state index < -0.39 is 0 Å². The summed E-state index contributed by atoms with van der Waals surface area (Å²) in [5.41, 5.74) is 0.655. The summed E-state index contributed by atoms with van der Waals surface area (Å²) in [6.07, 6.45) is 1.01. The van der Waals surface area contributed by atoms with Gasteiger partial charge in [0, 0.05) is 19.6 Å². The maximum Gasteiger partial charge on any atom is 0.257 e. The molecule has 1 unspecified atom stereocenters. The number of hydrogen-bond acceptors (Lipinski definition) is 3. The molecule has 1 aliphatic rings. The molecule has 0 bridgehead atoms. The summed E-state index contributed by atoms with van der Waals surface area (Å²) in [5.74, 6) is 1.16. The summed E-state index contributed by atoms with van der Waals surface area (Å²) in [4.78, 5) is 14.4. The lowest BCUT2D eigenvalue weighted by molar-refractivity contribution is 0.0738. The lowest BCUT2D eigenvalue weighted by Crippen LogP contribution is -2.38. The van der Waals surface area contributed by atoms with Gasteiger partial charge in [0.1, 0.15) is 5.75 Å². The van der Waals surface area contributed by atoms with Gasteiger partial charge in [-0.3, -0.25) is 4.79 Å². The van der Waals surface area contributed by atoms with Gasteiger partial charge in [0.25, 0.3) is 5.91 Å². The first kappa shape index (κ1) is 14.9. The lowest BCUT2D eigenvalue weighted by atomic mass is 10.1. The standard InChI is InChI=1S/C16H24N2O2/c1-12(2)11-20-15-7-5-4-6-14(15)16(19)18(3)13-8-9-17-10-13/h4-7,12-13,17H,8-11H2,1-3H3. The Morgan fingerprint density at radius 2 is 2.20 bits per heavy atom. The van der Waals surface area contributed by atoms with Gasteiger partial charge in [0.2, 0.25) is 0 Å². The van der Waals surface area contributed by atoms with Crippen molar-refractivity contribution < 1.29 is 9.53 Å². The van der Waals surface area contributed by atoms with Crippen LogP contribution in [0.4, 0.5) is 0 Å². The number of carbonyl (C=O) groups excluding carboxylic acids is 1. The molecule has 1 aliphatic heterocycles. The molecule has 4 heteroatoms. The second-order valence-electron chi connectivity index (χ2n) is 5.76. The quantitative estimate of drug-likeness (QED) is 0.896. The van der Waals surface area contributed by atoms with Crippen LogP contribution in [0.15, 0.2) is 24.3 Å². The number of carbonyl (C=O) groups is 1. The van der Waals surface area contributed by atoms with Gasteiger partial charge in [-0.05, 0) is 31.0 Å². The first-order valence-electron chi connectivity index (χ1n) is 7.29. The number of nitrogens with one attached hydrogen (secondary N) is 1. The van der Waals surface area contributed by atoms with Gasteiger partial charge in [0.05, 0.1) is 12.2 Å². The van der Waals surface area contributed by atoms with Crippen molar-refractivity contribution in [2.45, 2.75) is 26.3 Å². The molecule has 1 aromatic carbocycles. The molecule has 110 valence electrons. The van der Waals surface area contributed by atoms with Crippen LogP contribution in [0.1, 0.15) is 30.6 Å². The molecule has 1 saturated heterocycles.